The number of nitrogens with one attached hydrogen (secondary N) is 1. The van der Waals surface area contributed by atoms with Gasteiger partial charge in [0.1, 0.15) is 11.8 Å². The molecule has 0 aromatic heterocycles. The molecule has 1 saturated heterocycles. The summed E-state index contributed by atoms with van der Waals surface area (Å²) in [6, 6.07) is 0. The van der Waals surface area contributed by atoms with Crippen molar-refractivity contribution in [2.24, 2.45) is 5.92 Å². The molecule has 5 nitrogen and oxygen atoms in total. The molecular weight excluding hydrogens is 208 g/mol. The van der Waals surface area contributed by atoms with E-state index in [2.05, 4.69) is 5.32 Å². The summed E-state index contributed by atoms with van der Waals surface area (Å²) >= 11 is 0. The quantitative estimate of drug-likeness (QED) is 0.646. The largest absolute Gasteiger partial charge is 0.480 e. The minimum atomic E-state index is -1.04. The van der Waals surface area contributed by atoms with E-state index in [4.69, 9.17) is 0 Å². The van der Waals surface area contributed by atoms with E-state index in [1.54, 1.807) is 0 Å². The summed E-state index contributed by atoms with van der Waals surface area (Å²) in [6.07, 6.45) is 0.774. The van der Waals surface area contributed by atoms with Crippen LogP contribution >= 0.6 is 0 Å². The van der Waals surface area contributed by atoms with Crippen molar-refractivity contribution >= 4 is 12.3 Å². The number of carbonyl (C=O) groups is 2. The molecule has 16 heavy (non-hydrogen) atoms. The lowest BCUT2D eigenvalue weighted by Gasteiger charge is -2.44. The van der Waals surface area contributed by atoms with Gasteiger partial charge in [-0.1, -0.05) is 13.8 Å². The van der Waals surface area contributed by atoms with Crippen LogP contribution < -0.4 is 5.32 Å². The Bertz CT molecular complexity index is 262. The first-order chi connectivity index (χ1) is 7.55. The van der Waals surface area contributed by atoms with Gasteiger partial charge in [0.15, 0.2) is 0 Å². The van der Waals surface area contributed by atoms with Gasteiger partial charge in [-0.25, -0.2) is 0 Å². The number of nitrogens with zero attached hydrogens (tertiary/aromatic N) is 1. The van der Waals surface area contributed by atoms with Gasteiger partial charge in [0, 0.05) is 32.6 Å². The van der Waals surface area contributed by atoms with E-state index < -0.39 is 11.5 Å². The van der Waals surface area contributed by atoms with Gasteiger partial charge in [0.05, 0.1) is 0 Å². The van der Waals surface area contributed by atoms with Crippen LogP contribution in [-0.4, -0.2) is 54.0 Å². The van der Waals surface area contributed by atoms with Crippen molar-refractivity contribution in [2.75, 3.05) is 26.2 Å². The SMILES string of the molecule is CC(C)C(CC=O)(C(=O)O)N1CCNCC1. The normalized spacial score (nSPS) is 21.7. The zero-order valence-corrected chi connectivity index (χ0v) is 9.90. The van der Waals surface area contributed by atoms with E-state index in [-0.39, 0.29) is 12.3 Å². The van der Waals surface area contributed by atoms with E-state index >= 15 is 0 Å². The molecule has 0 aromatic rings. The molecule has 0 aromatic carbocycles. The smallest absolute Gasteiger partial charge is 0.324 e. The molecule has 92 valence electrons. The van der Waals surface area contributed by atoms with Gasteiger partial charge in [0.25, 0.3) is 0 Å². The minimum Gasteiger partial charge on any atom is -0.480 e. The summed E-state index contributed by atoms with van der Waals surface area (Å²) in [7, 11) is 0. The summed E-state index contributed by atoms with van der Waals surface area (Å²) in [5.41, 5.74) is -1.04. The van der Waals surface area contributed by atoms with Gasteiger partial charge >= 0.3 is 5.97 Å². The first kappa shape index (κ1) is 13.1. The van der Waals surface area contributed by atoms with E-state index in [9.17, 15) is 14.7 Å². The summed E-state index contributed by atoms with van der Waals surface area (Å²) in [5.74, 6) is -0.982. The predicted molar refractivity (Wildman–Crippen MR) is 60.3 cm³/mol. The van der Waals surface area contributed by atoms with Crippen LogP contribution in [0.4, 0.5) is 0 Å². The Labute approximate surface area is 95.8 Å². The van der Waals surface area contributed by atoms with Crippen LogP contribution in [0, 0.1) is 5.92 Å². The highest BCUT2D eigenvalue weighted by atomic mass is 16.4. The number of rotatable bonds is 5. The number of piperazine rings is 1. The maximum absolute atomic E-state index is 11.5. The van der Waals surface area contributed by atoms with Crippen LogP contribution in [0.5, 0.6) is 0 Å². The van der Waals surface area contributed by atoms with Crippen molar-refractivity contribution in [2.45, 2.75) is 25.8 Å². The van der Waals surface area contributed by atoms with Crippen LogP contribution in [0.2, 0.25) is 0 Å². The molecule has 0 bridgehead atoms. The lowest BCUT2D eigenvalue weighted by atomic mass is 9.81. The maximum atomic E-state index is 11.5. The number of hydrogen-bond acceptors (Lipinski definition) is 4. The molecule has 1 atom stereocenters. The number of hydrogen-bond donors (Lipinski definition) is 2. The Morgan fingerprint density at radius 1 is 1.50 bits per heavy atom. The van der Waals surface area contributed by atoms with Crippen molar-refractivity contribution < 1.29 is 14.7 Å². The van der Waals surface area contributed by atoms with Crippen molar-refractivity contribution in [3.05, 3.63) is 0 Å². The molecule has 1 fully saturated rings. The predicted octanol–water partition coefficient (Wildman–Crippen LogP) is -0.0400. The van der Waals surface area contributed by atoms with Gasteiger partial charge in [-0.05, 0) is 5.92 Å². The highest BCUT2D eigenvalue weighted by Gasteiger charge is 2.46. The number of carboxylic acid groups (broad SMARTS) is 1. The van der Waals surface area contributed by atoms with Gasteiger partial charge in [-0.15, -0.1) is 0 Å². The molecule has 0 saturated carbocycles. The van der Waals surface area contributed by atoms with Crippen LogP contribution in [0.1, 0.15) is 20.3 Å². The Morgan fingerprint density at radius 3 is 2.44 bits per heavy atom. The van der Waals surface area contributed by atoms with E-state index in [0.717, 1.165) is 19.4 Å². The molecule has 0 amide bonds. The molecule has 5 heteroatoms. The second-order valence-electron chi connectivity index (χ2n) is 4.49. The van der Waals surface area contributed by atoms with Crippen LogP contribution in [0.3, 0.4) is 0 Å². The van der Waals surface area contributed by atoms with Crippen LogP contribution in [-0.2, 0) is 9.59 Å². The number of aldehydes is 1. The summed E-state index contributed by atoms with van der Waals surface area (Å²) < 4.78 is 0. The molecule has 2 N–H and O–H groups in total. The van der Waals surface area contributed by atoms with E-state index in [0.29, 0.717) is 13.1 Å². The summed E-state index contributed by atoms with van der Waals surface area (Å²) in [5, 5.41) is 12.6. The fourth-order valence-corrected chi connectivity index (χ4v) is 2.39. The summed E-state index contributed by atoms with van der Waals surface area (Å²) in [4.78, 5) is 24.2. The van der Waals surface area contributed by atoms with Crippen molar-refractivity contribution in [3.63, 3.8) is 0 Å². The molecule has 0 radical (unpaired) electrons. The molecule has 0 aliphatic carbocycles. The molecule has 1 aliphatic rings. The minimum absolute atomic E-state index is 0.0556. The molecule has 1 aliphatic heterocycles. The monoisotopic (exact) mass is 228 g/mol. The number of carboxylic acids is 1. The Morgan fingerprint density at radius 2 is 2.06 bits per heavy atom. The van der Waals surface area contributed by atoms with Crippen molar-refractivity contribution in [1.82, 2.24) is 10.2 Å². The van der Waals surface area contributed by atoms with Crippen molar-refractivity contribution in [1.29, 1.82) is 0 Å². The van der Waals surface area contributed by atoms with Gasteiger partial charge < -0.3 is 15.2 Å². The number of carbonyl (C=O) groups excluding carboxylic acids is 1. The van der Waals surface area contributed by atoms with Crippen molar-refractivity contribution in [3.8, 4) is 0 Å². The zero-order chi connectivity index (χ0) is 12.2. The molecule has 1 unspecified atom stereocenters. The van der Waals surface area contributed by atoms with Gasteiger partial charge in [-0.3, -0.25) is 9.69 Å². The first-order valence-corrected chi connectivity index (χ1v) is 5.68. The average molecular weight is 228 g/mol. The van der Waals surface area contributed by atoms with Gasteiger partial charge in [-0.2, -0.15) is 0 Å². The highest BCUT2D eigenvalue weighted by Crippen LogP contribution is 2.29. The fraction of sp³-hybridized carbons (Fsp3) is 0.818. The third-order valence-corrected chi connectivity index (χ3v) is 3.40. The van der Waals surface area contributed by atoms with E-state index in [1.165, 1.54) is 0 Å². The zero-order valence-electron chi connectivity index (χ0n) is 9.90. The molecule has 1 heterocycles. The van der Waals surface area contributed by atoms with Crippen LogP contribution in [0.25, 0.3) is 0 Å². The molecule has 1 rings (SSSR count). The standard InChI is InChI=1S/C11H20N2O3/c1-9(2)11(3-8-14,10(15)16)13-6-4-12-5-7-13/h8-9,12H,3-7H2,1-2H3,(H,15,16). The lowest BCUT2D eigenvalue weighted by molar-refractivity contribution is -0.157. The topological polar surface area (TPSA) is 69.6 Å². The second kappa shape index (κ2) is 5.41. The Hall–Kier alpha value is -0.940. The maximum Gasteiger partial charge on any atom is 0.324 e. The molecular formula is C11H20N2O3. The Kier molecular flexibility index (Phi) is 4.44. The second-order valence-corrected chi connectivity index (χ2v) is 4.49. The lowest BCUT2D eigenvalue weighted by Crippen LogP contribution is -2.63. The van der Waals surface area contributed by atoms with Gasteiger partial charge in [0.2, 0.25) is 0 Å². The first-order valence-electron chi connectivity index (χ1n) is 5.68. The summed E-state index contributed by atoms with van der Waals surface area (Å²) in [6.45, 7) is 6.64. The fourth-order valence-electron chi connectivity index (χ4n) is 2.39. The third-order valence-electron chi connectivity index (χ3n) is 3.40. The number of aliphatic carboxylic acids is 1. The highest BCUT2D eigenvalue weighted by molar-refractivity contribution is 5.82. The Balaban J connectivity index is 2.98. The average Bonchev–Trinajstić information content (AvgIpc) is 2.26. The third kappa shape index (κ3) is 2.25. The van der Waals surface area contributed by atoms with E-state index in [1.807, 2.05) is 18.7 Å². The van der Waals surface area contributed by atoms with Crippen LogP contribution in [0.15, 0.2) is 0 Å². The molecule has 0 spiro atoms.